The van der Waals surface area contributed by atoms with E-state index in [0.717, 1.165) is 42.9 Å². The Kier molecular flexibility index (Phi) is 14.2. The Balaban J connectivity index is 2.05. The van der Waals surface area contributed by atoms with Crippen molar-refractivity contribution in [3.63, 3.8) is 0 Å². The Labute approximate surface area is 272 Å². The van der Waals surface area contributed by atoms with E-state index in [1.54, 1.807) is 0 Å². The van der Waals surface area contributed by atoms with Gasteiger partial charge >= 0.3 is 0 Å². The molecule has 0 N–H and O–H groups in total. The molecular formula is C39H56O6. The largest absolute Gasteiger partial charge is 0.465 e. The van der Waals surface area contributed by atoms with E-state index in [9.17, 15) is 0 Å². The minimum absolute atomic E-state index is 0.163. The Bertz CT molecular complexity index is 1170. The summed E-state index contributed by atoms with van der Waals surface area (Å²) in [6.45, 7) is 21.0. The van der Waals surface area contributed by atoms with E-state index in [2.05, 4.69) is 114 Å². The average molecular weight is 621 g/mol. The van der Waals surface area contributed by atoms with E-state index < -0.39 is 0 Å². The molecule has 0 amide bonds. The molecule has 0 aliphatic carbocycles. The van der Waals surface area contributed by atoms with E-state index in [0.29, 0.717) is 19.8 Å². The minimum atomic E-state index is -0.377. The summed E-state index contributed by atoms with van der Waals surface area (Å²) in [5, 5.41) is 0. The lowest BCUT2D eigenvalue weighted by molar-refractivity contribution is -0.0769. The molecule has 3 unspecified atom stereocenters. The van der Waals surface area contributed by atoms with Gasteiger partial charge in [0, 0.05) is 44.5 Å². The molecule has 0 saturated carbocycles. The molecule has 0 radical (unpaired) electrons. The SMILES string of the molecule is CCOC(CC)Oc1ccc(CC(c2ccc(OC(CC)OCC)cc2)(c2ccc(OC(CC)OCC)cc2)C(C)(C)C)cc1. The number of rotatable bonds is 19. The van der Waals surface area contributed by atoms with Crippen molar-refractivity contribution in [3.05, 3.63) is 89.5 Å². The molecule has 45 heavy (non-hydrogen) atoms. The summed E-state index contributed by atoms with van der Waals surface area (Å²) in [6, 6.07) is 25.5. The summed E-state index contributed by atoms with van der Waals surface area (Å²) in [5.74, 6) is 2.41. The Morgan fingerprint density at radius 1 is 0.467 bits per heavy atom. The smallest absolute Gasteiger partial charge is 0.199 e. The first-order chi connectivity index (χ1) is 21.6. The van der Waals surface area contributed by atoms with Crippen LogP contribution >= 0.6 is 0 Å². The quantitative estimate of drug-likeness (QED) is 0.124. The summed E-state index contributed by atoms with van der Waals surface area (Å²) in [5.41, 5.74) is 3.10. The maximum Gasteiger partial charge on any atom is 0.199 e. The first-order valence-electron chi connectivity index (χ1n) is 16.8. The van der Waals surface area contributed by atoms with Gasteiger partial charge in [0.05, 0.1) is 0 Å². The van der Waals surface area contributed by atoms with Gasteiger partial charge in [-0.1, -0.05) is 77.9 Å². The van der Waals surface area contributed by atoms with Gasteiger partial charge in [0.15, 0.2) is 18.9 Å². The molecule has 3 atom stereocenters. The van der Waals surface area contributed by atoms with E-state index in [1.165, 1.54) is 16.7 Å². The standard InChI is InChI=1S/C39H56O6/c1-10-35(40-13-4)43-32-22-16-29(17-23-32)28-39(38(7,8)9,30-18-24-33(25-19-30)44-36(11-2)41-14-5)31-20-26-34(27-21-31)45-37(12-3)42-15-6/h16-27,35-37H,10-15,28H2,1-9H3. The number of ether oxygens (including phenoxy) is 6. The van der Waals surface area contributed by atoms with Crippen LogP contribution in [0.25, 0.3) is 0 Å². The van der Waals surface area contributed by atoms with E-state index in [1.807, 2.05) is 20.8 Å². The fourth-order valence-electron chi connectivity index (χ4n) is 5.85. The first-order valence-corrected chi connectivity index (χ1v) is 16.8. The van der Waals surface area contributed by atoms with Gasteiger partial charge in [-0.2, -0.15) is 0 Å². The van der Waals surface area contributed by atoms with Crippen LogP contribution in [0, 0.1) is 5.41 Å². The van der Waals surface area contributed by atoms with E-state index in [4.69, 9.17) is 28.4 Å². The van der Waals surface area contributed by atoms with Crippen molar-refractivity contribution in [1.82, 2.24) is 0 Å². The second kappa shape index (κ2) is 17.6. The molecular weight excluding hydrogens is 564 g/mol. The molecule has 0 heterocycles. The third-order valence-electron chi connectivity index (χ3n) is 8.23. The number of hydrogen-bond acceptors (Lipinski definition) is 6. The molecule has 0 saturated heterocycles. The van der Waals surface area contributed by atoms with Gasteiger partial charge in [0.25, 0.3) is 0 Å². The van der Waals surface area contributed by atoms with Crippen LogP contribution in [0.4, 0.5) is 0 Å². The summed E-state index contributed by atoms with van der Waals surface area (Å²) in [4.78, 5) is 0. The maximum absolute atomic E-state index is 6.16. The van der Waals surface area contributed by atoms with Gasteiger partial charge in [-0.25, -0.2) is 0 Å². The molecule has 0 aliphatic heterocycles. The van der Waals surface area contributed by atoms with Gasteiger partial charge in [-0.3, -0.25) is 0 Å². The highest BCUT2D eigenvalue weighted by Crippen LogP contribution is 2.50. The van der Waals surface area contributed by atoms with Crippen LogP contribution < -0.4 is 14.2 Å². The molecule has 3 aromatic carbocycles. The summed E-state index contributed by atoms with van der Waals surface area (Å²) in [6.07, 6.45) is 2.35. The zero-order valence-electron chi connectivity index (χ0n) is 29.1. The zero-order chi connectivity index (χ0) is 32.9. The molecule has 3 rings (SSSR count). The van der Waals surface area contributed by atoms with Crippen molar-refractivity contribution in [2.75, 3.05) is 19.8 Å². The van der Waals surface area contributed by atoms with Crippen molar-refractivity contribution in [1.29, 1.82) is 0 Å². The van der Waals surface area contributed by atoms with Gasteiger partial charge in [0.1, 0.15) is 17.2 Å². The normalized spacial score (nSPS) is 15.1. The first kappa shape index (κ1) is 36.4. The zero-order valence-corrected chi connectivity index (χ0v) is 29.1. The lowest BCUT2D eigenvalue weighted by Gasteiger charge is -2.46. The van der Waals surface area contributed by atoms with Crippen molar-refractivity contribution >= 4 is 0 Å². The molecule has 0 aliphatic rings. The van der Waals surface area contributed by atoms with E-state index in [-0.39, 0.29) is 29.7 Å². The van der Waals surface area contributed by atoms with Crippen molar-refractivity contribution in [2.24, 2.45) is 5.41 Å². The lowest BCUT2D eigenvalue weighted by Crippen LogP contribution is -2.43. The molecule has 6 nitrogen and oxygen atoms in total. The van der Waals surface area contributed by atoms with Gasteiger partial charge in [0.2, 0.25) is 0 Å². The van der Waals surface area contributed by atoms with Crippen LogP contribution in [0.2, 0.25) is 0 Å². The molecule has 248 valence electrons. The van der Waals surface area contributed by atoms with Crippen molar-refractivity contribution < 1.29 is 28.4 Å². The van der Waals surface area contributed by atoms with Gasteiger partial charge < -0.3 is 28.4 Å². The number of hydrogen-bond donors (Lipinski definition) is 0. The van der Waals surface area contributed by atoms with Crippen molar-refractivity contribution in [2.45, 2.75) is 112 Å². The minimum Gasteiger partial charge on any atom is -0.465 e. The number of benzene rings is 3. The third kappa shape index (κ3) is 9.71. The molecule has 0 aromatic heterocycles. The average Bonchev–Trinajstić information content (AvgIpc) is 3.04. The molecule has 0 bridgehead atoms. The Hall–Kier alpha value is -3.06. The molecule has 6 heteroatoms. The Morgan fingerprint density at radius 2 is 0.778 bits per heavy atom. The molecule has 0 spiro atoms. The topological polar surface area (TPSA) is 55.4 Å². The van der Waals surface area contributed by atoms with Gasteiger partial charge in [-0.15, -0.1) is 0 Å². The highest BCUT2D eigenvalue weighted by Gasteiger charge is 2.45. The van der Waals surface area contributed by atoms with Crippen LogP contribution in [0.1, 0.15) is 98.3 Å². The lowest BCUT2D eigenvalue weighted by atomic mass is 9.56. The van der Waals surface area contributed by atoms with Crippen LogP contribution in [0.5, 0.6) is 17.2 Å². The van der Waals surface area contributed by atoms with Crippen LogP contribution in [0.3, 0.4) is 0 Å². The predicted molar refractivity (Wildman–Crippen MR) is 182 cm³/mol. The maximum atomic E-state index is 6.16. The summed E-state index contributed by atoms with van der Waals surface area (Å²) >= 11 is 0. The van der Waals surface area contributed by atoms with E-state index >= 15 is 0 Å². The third-order valence-corrected chi connectivity index (χ3v) is 8.23. The predicted octanol–water partition coefficient (Wildman–Crippen LogP) is 9.72. The fourth-order valence-corrected chi connectivity index (χ4v) is 5.85. The summed E-state index contributed by atoms with van der Waals surface area (Å²) in [7, 11) is 0. The highest BCUT2D eigenvalue weighted by molar-refractivity contribution is 5.47. The van der Waals surface area contributed by atoms with Crippen molar-refractivity contribution in [3.8, 4) is 17.2 Å². The second-order valence-electron chi connectivity index (χ2n) is 12.3. The van der Waals surface area contributed by atoms with Gasteiger partial charge in [-0.05, 0) is 85.7 Å². The van der Waals surface area contributed by atoms with Crippen LogP contribution in [-0.4, -0.2) is 38.7 Å². The highest BCUT2D eigenvalue weighted by atomic mass is 16.7. The monoisotopic (exact) mass is 620 g/mol. The van der Waals surface area contributed by atoms with Crippen LogP contribution in [0.15, 0.2) is 72.8 Å². The molecule has 0 fully saturated rings. The second-order valence-corrected chi connectivity index (χ2v) is 12.3. The Morgan fingerprint density at radius 3 is 1.04 bits per heavy atom. The fraction of sp³-hybridized carbons (Fsp3) is 0.538. The molecule has 3 aromatic rings. The van der Waals surface area contributed by atoms with Crippen LogP contribution in [-0.2, 0) is 26.0 Å². The summed E-state index contributed by atoms with van der Waals surface area (Å²) < 4.78 is 35.6.